The van der Waals surface area contributed by atoms with Crippen molar-refractivity contribution in [1.29, 1.82) is 0 Å². The van der Waals surface area contributed by atoms with Gasteiger partial charge < -0.3 is 15.3 Å². The molecule has 1 aromatic rings. The first-order chi connectivity index (χ1) is 9.32. The van der Waals surface area contributed by atoms with Crippen molar-refractivity contribution >= 4 is 22.6 Å². The summed E-state index contributed by atoms with van der Waals surface area (Å²) < 4.78 is 0. The van der Waals surface area contributed by atoms with Crippen LogP contribution < -0.4 is 0 Å². The molecule has 0 aliphatic heterocycles. The van der Waals surface area contributed by atoms with Crippen LogP contribution >= 0.6 is 11.8 Å². The number of carbonyl (C=O) groups excluding carboxylic acids is 1. The van der Waals surface area contributed by atoms with E-state index in [1.165, 1.54) is 13.0 Å². The van der Waals surface area contributed by atoms with E-state index in [4.69, 9.17) is 0 Å². The predicted molar refractivity (Wildman–Crippen MR) is 73.5 cm³/mol. The highest BCUT2D eigenvalue weighted by Crippen LogP contribution is 2.30. The molecule has 2 atom stereocenters. The van der Waals surface area contributed by atoms with Crippen molar-refractivity contribution in [2.75, 3.05) is 5.75 Å². The van der Waals surface area contributed by atoms with Gasteiger partial charge in [-0.25, -0.2) is 0 Å². The number of nitro groups is 1. The zero-order valence-corrected chi connectivity index (χ0v) is 11.5. The minimum absolute atomic E-state index is 0.0836. The molecule has 0 aliphatic rings. The number of hydrogen-bond acceptors (Lipinski definition) is 7. The molecule has 110 valence electrons. The van der Waals surface area contributed by atoms with Crippen LogP contribution in [0.4, 0.5) is 5.69 Å². The first-order valence-electron chi connectivity index (χ1n) is 5.79. The van der Waals surface area contributed by atoms with E-state index < -0.39 is 28.6 Å². The maximum absolute atomic E-state index is 10.7. The van der Waals surface area contributed by atoms with Crippen LogP contribution in [0.1, 0.15) is 25.0 Å². The maximum Gasteiger partial charge on any atom is 0.310 e. The average Bonchev–Trinajstić information content (AvgIpc) is 2.36. The molecule has 0 saturated carbocycles. The van der Waals surface area contributed by atoms with Gasteiger partial charge in [-0.2, -0.15) is 0 Å². The zero-order chi connectivity index (χ0) is 15.3. The molecule has 0 amide bonds. The molecule has 3 N–H and O–H groups in total. The van der Waals surface area contributed by atoms with Gasteiger partial charge in [0.1, 0.15) is 6.10 Å². The van der Waals surface area contributed by atoms with Crippen LogP contribution in [-0.4, -0.2) is 37.2 Å². The summed E-state index contributed by atoms with van der Waals surface area (Å²) in [6.07, 6.45) is -2.22. The van der Waals surface area contributed by atoms with Crippen molar-refractivity contribution in [2.24, 2.45) is 0 Å². The lowest BCUT2D eigenvalue weighted by atomic mass is 10.0. The van der Waals surface area contributed by atoms with E-state index in [0.717, 1.165) is 23.9 Å². The Morgan fingerprint density at radius 1 is 1.45 bits per heavy atom. The summed E-state index contributed by atoms with van der Waals surface area (Å²) >= 11 is 1.03. The Morgan fingerprint density at radius 3 is 2.60 bits per heavy atom. The monoisotopic (exact) mass is 301 g/mol. The van der Waals surface area contributed by atoms with Gasteiger partial charge in [-0.3, -0.25) is 14.9 Å². The molecule has 0 heterocycles. The number of hydrogen-bond donors (Lipinski definition) is 3. The Kier molecular flexibility index (Phi) is 5.93. The summed E-state index contributed by atoms with van der Waals surface area (Å²) in [5, 5.41) is 39.6. The van der Waals surface area contributed by atoms with Crippen LogP contribution in [0.3, 0.4) is 0 Å². The second-order valence-corrected chi connectivity index (χ2v) is 5.42. The molecule has 20 heavy (non-hydrogen) atoms. The summed E-state index contributed by atoms with van der Waals surface area (Å²) in [4.78, 5) is 20.5. The van der Waals surface area contributed by atoms with Gasteiger partial charge in [0.15, 0.2) is 10.9 Å². The van der Waals surface area contributed by atoms with Gasteiger partial charge in [-0.05, 0) is 24.1 Å². The molecule has 1 aromatic carbocycles. The highest BCUT2D eigenvalue weighted by atomic mass is 32.2. The number of benzene rings is 1. The molecule has 1 rings (SSSR count). The lowest BCUT2D eigenvalue weighted by molar-refractivity contribution is -0.385. The number of phenolic OH excluding ortho intramolecular Hbond substituents is 1. The summed E-state index contributed by atoms with van der Waals surface area (Å²) in [7, 11) is 0. The second kappa shape index (κ2) is 7.22. The highest BCUT2D eigenvalue weighted by Gasteiger charge is 2.21. The molecule has 0 fully saturated rings. The molecule has 0 radical (unpaired) electrons. The number of rotatable bonds is 6. The maximum atomic E-state index is 10.7. The third-order valence-corrected chi connectivity index (χ3v) is 3.47. The largest absolute Gasteiger partial charge is 0.502 e. The van der Waals surface area contributed by atoms with Crippen molar-refractivity contribution < 1.29 is 25.0 Å². The van der Waals surface area contributed by atoms with E-state index in [-0.39, 0.29) is 17.1 Å². The normalized spacial score (nSPS) is 13.8. The average molecular weight is 301 g/mol. The van der Waals surface area contributed by atoms with Crippen LogP contribution in [0.5, 0.6) is 5.75 Å². The molecule has 0 saturated heterocycles. The SMILES string of the molecule is CC(=O)SCCC(O)C(O)c1ccc([N+](=O)[O-])c(O)c1. The Bertz CT molecular complexity index is 507. The zero-order valence-electron chi connectivity index (χ0n) is 10.7. The number of nitro benzene ring substituents is 1. The van der Waals surface area contributed by atoms with Crippen molar-refractivity contribution in [2.45, 2.75) is 25.6 Å². The van der Waals surface area contributed by atoms with Crippen LogP contribution in [0.15, 0.2) is 18.2 Å². The summed E-state index contributed by atoms with van der Waals surface area (Å²) in [5.74, 6) is -0.219. The lowest BCUT2D eigenvalue weighted by Gasteiger charge is -2.17. The van der Waals surface area contributed by atoms with Crippen LogP contribution in [0, 0.1) is 10.1 Å². The molecule has 0 aliphatic carbocycles. The lowest BCUT2D eigenvalue weighted by Crippen LogP contribution is -2.19. The van der Waals surface area contributed by atoms with Gasteiger partial charge in [0.05, 0.1) is 11.0 Å². The number of nitrogens with zero attached hydrogens (tertiary/aromatic N) is 1. The van der Waals surface area contributed by atoms with E-state index in [1.807, 2.05) is 0 Å². The smallest absolute Gasteiger partial charge is 0.310 e. The Labute approximate surface area is 119 Å². The van der Waals surface area contributed by atoms with Gasteiger partial charge in [0, 0.05) is 18.7 Å². The van der Waals surface area contributed by atoms with E-state index >= 15 is 0 Å². The number of carbonyl (C=O) groups is 1. The molecular formula is C12H15NO6S. The minimum Gasteiger partial charge on any atom is -0.502 e. The Morgan fingerprint density at radius 2 is 2.10 bits per heavy atom. The second-order valence-electron chi connectivity index (χ2n) is 4.15. The van der Waals surface area contributed by atoms with Gasteiger partial charge >= 0.3 is 5.69 Å². The number of aromatic hydroxyl groups is 1. The Balaban J connectivity index is 2.71. The number of aliphatic hydroxyl groups excluding tert-OH is 2. The standard InChI is InChI=1S/C12H15NO6S/c1-7(14)20-5-4-10(15)12(17)8-2-3-9(13(18)19)11(16)6-8/h2-3,6,10,12,15-17H,4-5H2,1H3. The summed E-state index contributed by atoms with van der Waals surface area (Å²) in [6.45, 7) is 1.40. The van der Waals surface area contributed by atoms with E-state index in [1.54, 1.807) is 0 Å². The van der Waals surface area contributed by atoms with Gasteiger partial charge in [0.2, 0.25) is 0 Å². The third kappa shape index (κ3) is 4.48. The fourth-order valence-corrected chi connectivity index (χ4v) is 2.23. The van der Waals surface area contributed by atoms with Gasteiger partial charge in [-0.1, -0.05) is 11.8 Å². The number of aliphatic hydroxyl groups is 2. The van der Waals surface area contributed by atoms with E-state index in [0.29, 0.717) is 5.75 Å². The van der Waals surface area contributed by atoms with Crippen molar-refractivity contribution in [1.82, 2.24) is 0 Å². The molecule has 2 unspecified atom stereocenters. The van der Waals surface area contributed by atoms with E-state index in [9.17, 15) is 30.2 Å². The molecular weight excluding hydrogens is 286 g/mol. The third-order valence-electron chi connectivity index (χ3n) is 2.62. The first kappa shape index (κ1) is 16.4. The minimum atomic E-state index is -1.28. The predicted octanol–water partition coefficient (Wildman–Crippen LogP) is 1.36. The van der Waals surface area contributed by atoms with Crippen LogP contribution in [-0.2, 0) is 4.79 Å². The van der Waals surface area contributed by atoms with Gasteiger partial charge in [-0.15, -0.1) is 0 Å². The van der Waals surface area contributed by atoms with Gasteiger partial charge in [0.25, 0.3) is 0 Å². The first-order valence-corrected chi connectivity index (χ1v) is 6.78. The fourth-order valence-electron chi connectivity index (χ4n) is 1.58. The van der Waals surface area contributed by atoms with Crippen molar-refractivity contribution in [3.05, 3.63) is 33.9 Å². The van der Waals surface area contributed by atoms with Crippen LogP contribution in [0.25, 0.3) is 0 Å². The van der Waals surface area contributed by atoms with Crippen molar-refractivity contribution in [3.8, 4) is 5.75 Å². The molecule has 8 heteroatoms. The molecule has 0 aromatic heterocycles. The van der Waals surface area contributed by atoms with Crippen molar-refractivity contribution in [3.63, 3.8) is 0 Å². The quantitative estimate of drug-likeness (QED) is 0.536. The van der Waals surface area contributed by atoms with Crippen LogP contribution in [0.2, 0.25) is 0 Å². The number of thioether (sulfide) groups is 1. The Hall–Kier alpha value is -1.64. The number of phenols is 1. The topological polar surface area (TPSA) is 121 Å². The molecule has 0 bridgehead atoms. The summed E-state index contributed by atoms with van der Waals surface area (Å²) in [5.41, 5.74) is -0.295. The van der Waals surface area contributed by atoms with E-state index in [2.05, 4.69) is 0 Å². The summed E-state index contributed by atoms with van der Waals surface area (Å²) in [6, 6.07) is 3.37. The highest BCUT2D eigenvalue weighted by molar-refractivity contribution is 8.13. The fraction of sp³-hybridized carbons (Fsp3) is 0.417. The molecule has 7 nitrogen and oxygen atoms in total. The molecule has 0 spiro atoms.